The Kier molecular flexibility index (Phi) is 4.64. The van der Waals surface area contributed by atoms with E-state index in [9.17, 15) is 5.11 Å². The van der Waals surface area contributed by atoms with Gasteiger partial charge in [0.05, 0.1) is 6.10 Å². The van der Waals surface area contributed by atoms with Crippen LogP contribution in [0, 0.1) is 12.8 Å². The Balaban J connectivity index is 2.06. The Labute approximate surface area is 117 Å². The van der Waals surface area contributed by atoms with Crippen LogP contribution in [0.5, 0.6) is 0 Å². The Hall–Kier alpha value is -0.860. The molecule has 1 aliphatic rings. The van der Waals surface area contributed by atoms with Crippen LogP contribution >= 0.6 is 0 Å². The summed E-state index contributed by atoms with van der Waals surface area (Å²) in [5, 5.41) is 10.6. The Morgan fingerprint density at radius 2 is 1.84 bits per heavy atom. The van der Waals surface area contributed by atoms with Crippen molar-refractivity contribution in [2.24, 2.45) is 5.92 Å². The molecule has 19 heavy (non-hydrogen) atoms. The molecule has 1 aromatic carbocycles. The van der Waals surface area contributed by atoms with Crippen molar-refractivity contribution < 1.29 is 5.11 Å². The van der Waals surface area contributed by atoms with Crippen molar-refractivity contribution in [3.8, 4) is 0 Å². The first kappa shape index (κ1) is 14.5. The van der Waals surface area contributed by atoms with E-state index in [4.69, 9.17) is 0 Å². The first-order valence-electron chi connectivity index (χ1n) is 7.49. The molecule has 1 heterocycles. The van der Waals surface area contributed by atoms with E-state index < -0.39 is 6.10 Å². The molecule has 0 amide bonds. The van der Waals surface area contributed by atoms with E-state index >= 15 is 0 Å². The van der Waals surface area contributed by atoms with Gasteiger partial charge in [0.15, 0.2) is 0 Å². The molecule has 1 aliphatic heterocycles. The lowest BCUT2D eigenvalue weighted by Gasteiger charge is -2.42. The van der Waals surface area contributed by atoms with Crippen LogP contribution in [0.25, 0.3) is 0 Å². The lowest BCUT2D eigenvalue weighted by Crippen LogP contribution is -2.47. The van der Waals surface area contributed by atoms with Gasteiger partial charge in [-0.05, 0) is 51.6 Å². The molecule has 4 atom stereocenters. The summed E-state index contributed by atoms with van der Waals surface area (Å²) in [7, 11) is 0. The first-order valence-corrected chi connectivity index (χ1v) is 7.49. The van der Waals surface area contributed by atoms with E-state index in [1.165, 1.54) is 18.4 Å². The maximum absolute atomic E-state index is 10.6. The van der Waals surface area contributed by atoms with E-state index in [1.54, 1.807) is 0 Å². The number of hydrogen-bond donors (Lipinski definition) is 1. The minimum Gasteiger partial charge on any atom is -0.387 e. The second-order valence-electron chi connectivity index (χ2n) is 6.31. The Bertz CT molecular complexity index is 400. The maximum Gasteiger partial charge on any atom is 0.0942 e. The fourth-order valence-electron chi connectivity index (χ4n) is 3.25. The molecule has 1 N–H and O–H groups in total. The first-order chi connectivity index (χ1) is 8.99. The highest BCUT2D eigenvalue weighted by Gasteiger charge is 2.30. The molecule has 1 saturated heterocycles. The summed E-state index contributed by atoms with van der Waals surface area (Å²) >= 11 is 0. The fourth-order valence-corrected chi connectivity index (χ4v) is 3.25. The molecule has 1 aromatic rings. The number of hydrogen-bond acceptors (Lipinski definition) is 2. The SMILES string of the molecule is Cc1ccc(C(O)C(C)N2CCC(C)CC2C)cc1. The summed E-state index contributed by atoms with van der Waals surface area (Å²) in [6.45, 7) is 9.94. The molecule has 0 spiro atoms. The van der Waals surface area contributed by atoms with Gasteiger partial charge in [-0.2, -0.15) is 0 Å². The van der Waals surface area contributed by atoms with Crippen LogP contribution in [-0.4, -0.2) is 28.6 Å². The third-order valence-electron chi connectivity index (χ3n) is 4.59. The van der Waals surface area contributed by atoms with E-state index in [0.717, 1.165) is 18.0 Å². The van der Waals surface area contributed by atoms with Crippen molar-refractivity contribution in [1.29, 1.82) is 0 Å². The second kappa shape index (κ2) is 6.06. The molecule has 0 bridgehead atoms. The summed E-state index contributed by atoms with van der Waals surface area (Å²) in [6, 6.07) is 9.01. The quantitative estimate of drug-likeness (QED) is 0.899. The zero-order valence-electron chi connectivity index (χ0n) is 12.6. The third kappa shape index (κ3) is 3.37. The predicted molar refractivity (Wildman–Crippen MR) is 80.2 cm³/mol. The Morgan fingerprint density at radius 1 is 1.21 bits per heavy atom. The molecular weight excluding hydrogens is 234 g/mol. The van der Waals surface area contributed by atoms with Gasteiger partial charge in [0.1, 0.15) is 0 Å². The average molecular weight is 261 g/mol. The zero-order valence-corrected chi connectivity index (χ0v) is 12.6. The lowest BCUT2D eigenvalue weighted by molar-refractivity contribution is 0.0105. The number of aryl methyl sites for hydroxylation is 1. The molecule has 2 heteroatoms. The standard InChI is InChI=1S/C17H27NO/c1-12-5-7-16(8-6-12)17(19)15(4)18-10-9-13(2)11-14(18)3/h5-8,13-15,17,19H,9-11H2,1-4H3. The van der Waals surface area contributed by atoms with E-state index in [-0.39, 0.29) is 6.04 Å². The maximum atomic E-state index is 10.6. The predicted octanol–water partition coefficient (Wildman–Crippen LogP) is 3.54. The molecule has 0 aromatic heterocycles. The van der Waals surface area contributed by atoms with Gasteiger partial charge in [-0.3, -0.25) is 4.90 Å². The van der Waals surface area contributed by atoms with Gasteiger partial charge < -0.3 is 5.11 Å². The van der Waals surface area contributed by atoms with Crippen LogP contribution in [-0.2, 0) is 0 Å². The molecule has 4 unspecified atom stereocenters. The largest absolute Gasteiger partial charge is 0.387 e. The molecule has 106 valence electrons. The highest BCUT2D eigenvalue weighted by Crippen LogP contribution is 2.29. The van der Waals surface area contributed by atoms with E-state index in [0.29, 0.717) is 6.04 Å². The van der Waals surface area contributed by atoms with Crippen molar-refractivity contribution in [2.75, 3.05) is 6.54 Å². The number of benzene rings is 1. The van der Waals surface area contributed by atoms with Gasteiger partial charge in [-0.25, -0.2) is 0 Å². The minimum atomic E-state index is -0.392. The van der Waals surface area contributed by atoms with Crippen molar-refractivity contribution in [2.45, 2.75) is 58.7 Å². The van der Waals surface area contributed by atoms with Crippen LogP contribution < -0.4 is 0 Å². The summed E-state index contributed by atoms with van der Waals surface area (Å²) in [4.78, 5) is 2.46. The number of rotatable bonds is 3. The van der Waals surface area contributed by atoms with Crippen molar-refractivity contribution in [3.05, 3.63) is 35.4 Å². The van der Waals surface area contributed by atoms with Crippen LogP contribution in [0.1, 0.15) is 50.8 Å². The van der Waals surface area contributed by atoms with Crippen molar-refractivity contribution in [3.63, 3.8) is 0 Å². The monoisotopic (exact) mass is 261 g/mol. The van der Waals surface area contributed by atoms with Crippen LogP contribution in [0.15, 0.2) is 24.3 Å². The van der Waals surface area contributed by atoms with Gasteiger partial charge in [-0.15, -0.1) is 0 Å². The smallest absolute Gasteiger partial charge is 0.0942 e. The van der Waals surface area contributed by atoms with E-state index in [1.807, 2.05) is 12.1 Å². The molecule has 0 aliphatic carbocycles. The summed E-state index contributed by atoms with van der Waals surface area (Å²) < 4.78 is 0. The summed E-state index contributed by atoms with van der Waals surface area (Å²) in [5.74, 6) is 0.815. The number of aliphatic hydroxyl groups is 1. The molecular formula is C17H27NO. The van der Waals surface area contributed by atoms with Crippen LogP contribution in [0.2, 0.25) is 0 Å². The normalized spacial score (nSPS) is 28.1. The van der Waals surface area contributed by atoms with Crippen molar-refractivity contribution >= 4 is 0 Å². The van der Waals surface area contributed by atoms with Crippen molar-refractivity contribution in [1.82, 2.24) is 4.90 Å². The average Bonchev–Trinajstić information content (AvgIpc) is 2.38. The summed E-state index contributed by atoms with van der Waals surface area (Å²) in [5.41, 5.74) is 2.27. The fraction of sp³-hybridized carbons (Fsp3) is 0.647. The van der Waals surface area contributed by atoms with Crippen LogP contribution in [0.4, 0.5) is 0 Å². The minimum absolute atomic E-state index is 0.185. The third-order valence-corrected chi connectivity index (χ3v) is 4.59. The van der Waals surface area contributed by atoms with Gasteiger partial charge in [0.25, 0.3) is 0 Å². The van der Waals surface area contributed by atoms with Gasteiger partial charge in [0, 0.05) is 12.1 Å². The Morgan fingerprint density at radius 3 is 2.42 bits per heavy atom. The molecule has 2 nitrogen and oxygen atoms in total. The highest BCUT2D eigenvalue weighted by atomic mass is 16.3. The van der Waals surface area contributed by atoms with E-state index in [2.05, 4.69) is 44.7 Å². The van der Waals surface area contributed by atoms with Gasteiger partial charge in [0.2, 0.25) is 0 Å². The topological polar surface area (TPSA) is 23.5 Å². The number of nitrogens with zero attached hydrogens (tertiary/aromatic N) is 1. The molecule has 1 fully saturated rings. The number of likely N-dealkylation sites (tertiary alicyclic amines) is 1. The number of piperidine rings is 1. The van der Waals surface area contributed by atoms with Gasteiger partial charge >= 0.3 is 0 Å². The molecule has 0 saturated carbocycles. The van der Waals surface area contributed by atoms with Gasteiger partial charge in [-0.1, -0.05) is 36.8 Å². The molecule has 0 radical (unpaired) electrons. The number of aliphatic hydroxyl groups excluding tert-OH is 1. The second-order valence-corrected chi connectivity index (χ2v) is 6.31. The highest BCUT2D eigenvalue weighted by molar-refractivity contribution is 5.24. The summed E-state index contributed by atoms with van der Waals surface area (Å²) in [6.07, 6.45) is 2.09. The molecule has 2 rings (SSSR count). The lowest BCUT2D eigenvalue weighted by atomic mass is 9.90. The van der Waals surface area contributed by atoms with Crippen LogP contribution in [0.3, 0.4) is 0 Å². The zero-order chi connectivity index (χ0) is 14.0.